The summed E-state index contributed by atoms with van der Waals surface area (Å²) in [6.07, 6.45) is 1.68. The third-order valence-corrected chi connectivity index (χ3v) is 1.33. The quantitative estimate of drug-likeness (QED) is 0.726. The summed E-state index contributed by atoms with van der Waals surface area (Å²) in [6.45, 7) is 1.77. The first-order chi connectivity index (χ1) is 4.74. The number of carbonyl (C=O) groups excluding carboxylic acids is 1. The van der Waals surface area contributed by atoms with Gasteiger partial charge in [-0.25, -0.2) is 0 Å². The van der Waals surface area contributed by atoms with Crippen LogP contribution in [-0.2, 0) is 37.5 Å². The van der Waals surface area contributed by atoms with Gasteiger partial charge in [0.25, 0.3) is 0 Å². The van der Waals surface area contributed by atoms with E-state index in [-0.39, 0.29) is 38.5 Å². The molecule has 11 heavy (non-hydrogen) atoms. The van der Waals surface area contributed by atoms with Crippen LogP contribution in [0.3, 0.4) is 0 Å². The molecule has 1 N–H and O–H groups in total. The van der Waals surface area contributed by atoms with E-state index in [1.54, 1.807) is 25.3 Å². The van der Waals surface area contributed by atoms with Crippen LogP contribution in [0.15, 0.2) is 18.2 Å². The minimum atomic E-state index is 0. The smallest absolute Gasteiger partial charge is 0.0635 e. The third-order valence-electron chi connectivity index (χ3n) is 1.33. The molecule has 2 nitrogen and oxygen atoms in total. The molecule has 1 radical (unpaired) electrons. The van der Waals surface area contributed by atoms with Gasteiger partial charge in [0.05, 0.1) is 12.0 Å². The van der Waals surface area contributed by atoms with Crippen molar-refractivity contribution in [3.63, 3.8) is 0 Å². The Kier molecular flexibility index (Phi) is 4.54. The second-order valence-electron chi connectivity index (χ2n) is 2.10. The van der Waals surface area contributed by atoms with Crippen LogP contribution >= 0.6 is 0 Å². The van der Waals surface area contributed by atoms with Crippen LogP contribution in [0.2, 0.25) is 0 Å². The maximum absolute atomic E-state index is 10.0. The molecule has 0 saturated heterocycles. The molecule has 0 bridgehead atoms. The van der Waals surface area contributed by atoms with Crippen LogP contribution < -0.4 is 0 Å². The van der Waals surface area contributed by atoms with Crippen molar-refractivity contribution >= 4 is 6.29 Å². The average molecular weight is 224 g/mol. The minimum absolute atomic E-state index is 0. The number of rotatable bonds is 1. The van der Waals surface area contributed by atoms with Crippen LogP contribution in [0.1, 0.15) is 11.1 Å². The van der Waals surface area contributed by atoms with Crippen molar-refractivity contribution in [2.24, 2.45) is 0 Å². The van der Waals surface area contributed by atoms with Crippen LogP contribution in [0.5, 0.6) is 5.75 Å². The van der Waals surface area contributed by atoms with Crippen molar-refractivity contribution in [2.45, 2.75) is 6.92 Å². The molecule has 3 heteroatoms. The Balaban J connectivity index is 0.000001000. The number of hydrogen-bond acceptors (Lipinski definition) is 2. The molecule has 0 amide bonds. The normalized spacial score (nSPS) is 8.45. The number of benzene rings is 1. The Morgan fingerprint density at radius 3 is 2.55 bits per heavy atom. The van der Waals surface area contributed by atoms with Gasteiger partial charge in [-0.2, -0.15) is 6.07 Å². The van der Waals surface area contributed by atoms with Crippen LogP contribution in [-0.4, -0.2) is 11.4 Å². The van der Waals surface area contributed by atoms with Crippen molar-refractivity contribution in [1.82, 2.24) is 0 Å². The monoisotopic (exact) mass is 224 g/mol. The topological polar surface area (TPSA) is 37.3 Å². The zero-order chi connectivity index (χ0) is 7.56. The summed E-state index contributed by atoms with van der Waals surface area (Å²) in [4.78, 5) is 10.0. The molecule has 0 atom stereocenters. The van der Waals surface area contributed by atoms with E-state index < -0.39 is 0 Å². The van der Waals surface area contributed by atoms with Gasteiger partial charge < -0.3 is 9.90 Å². The first kappa shape index (κ1) is 10.8. The van der Waals surface area contributed by atoms with Gasteiger partial charge in [0.1, 0.15) is 0 Å². The summed E-state index contributed by atoms with van der Waals surface area (Å²) >= 11 is 0. The Morgan fingerprint density at radius 1 is 1.45 bits per heavy atom. The molecular formula is C8H7O2Y-. The predicted molar refractivity (Wildman–Crippen MR) is 37.6 cm³/mol. The Hall–Kier alpha value is -0.206. The molecule has 0 spiro atoms. The van der Waals surface area contributed by atoms with Crippen molar-refractivity contribution in [3.8, 4) is 5.75 Å². The van der Waals surface area contributed by atoms with Crippen molar-refractivity contribution in [3.05, 3.63) is 29.3 Å². The van der Waals surface area contributed by atoms with Crippen LogP contribution in [0.4, 0.5) is 0 Å². The molecule has 1 aromatic carbocycles. The second kappa shape index (κ2) is 4.63. The van der Waals surface area contributed by atoms with E-state index in [0.29, 0.717) is 5.56 Å². The van der Waals surface area contributed by atoms with E-state index in [2.05, 4.69) is 0 Å². The Labute approximate surface area is 90.5 Å². The van der Waals surface area contributed by atoms with Gasteiger partial charge in [0, 0.05) is 32.7 Å². The fourth-order valence-electron chi connectivity index (χ4n) is 0.673. The van der Waals surface area contributed by atoms with Gasteiger partial charge in [-0.3, -0.25) is 0 Å². The largest absolute Gasteiger partial charge is 0.521 e. The third kappa shape index (κ3) is 2.72. The molecular weight excluding hydrogens is 217 g/mol. The summed E-state index contributed by atoms with van der Waals surface area (Å²) in [5.41, 5.74) is 1.14. The van der Waals surface area contributed by atoms with Crippen LogP contribution in [0, 0.1) is 6.92 Å². The molecule has 0 unspecified atom stereocenters. The predicted octanol–water partition coefficient (Wildman–Crippen LogP) is 1.16. The molecule has 1 aromatic rings. The van der Waals surface area contributed by atoms with E-state index in [0.717, 1.165) is 5.56 Å². The van der Waals surface area contributed by atoms with E-state index in [9.17, 15) is 4.79 Å². The summed E-state index contributed by atoms with van der Waals surface area (Å²) in [6, 6.07) is 4.68. The molecule has 0 aliphatic carbocycles. The number of hydrogen-bond donors (Lipinski definition) is 1. The zero-order valence-electron chi connectivity index (χ0n) is 6.16. The molecule has 0 aliphatic rings. The molecule has 0 saturated carbocycles. The van der Waals surface area contributed by atoms with Crippen molar-refractivity contribution in [2.75, 3.05) is 0 Å². The molecule has 1 rings (SSSR count). The van der Waals surface area contributed by atoms with Gasteiger partial charge in [0.15, 0.2) is 0 Å². The zero-order valence-corrected chi connectivity index (χ0v) is 9.00. The average Bonchev–Trinajstić information content (AvgIpc) is 1.95. The fourth-order valence-corrected chi connectivity index (χ4v) is 0.673. The van der Waals surface area contributed by atoms with Crippen molar-refractivity contribution < 1.29 is 42.6 Å². The maximum Gasteiger partial charge on any atom is 0.0635 e. The summed E-state index contributed by atoms with van der Waals surface area (Å²) in [7, 11) is 0. The minimum Gasteiger partial charge on any atom is -0.521 e. The fraction of sp³-hybridized carbons (Fsp3) is 0.125. The molecule has 0 aliphatic heterocycles. The maximum atomic E-state index is 10.0. The van der Waals surface area contributed by atoms with E-state index in [1.165, 1.54) is 6.07 Å². The van der Waals surface area contributed by atoms with E-state index >= 15 is 0 Å². The second-order valence-corrected chi connectivity index (χ2v) is 2.10. The van der Waals surface area contributed by atoms with Gasteiger partial charge >= 0.3 is 0 Å². The van der Waals surface area contributed by atoms with Gasteiger partial charge in [0.2, 0.25) is 0 Å². The number of phenolic OH excluding ortho intramolecular Hbond substituents is 1. The summed E-state index contributed by atoms with van der Waals surface area (Å²) < 4.78 is 0. The SMILES string of the molecule is Cc1ccc([C-]=O)cc1O.[Y]. The molecule has 0 heterocycles. The Morgan fingerprint density at radius 2 is 2.09 bits per heavy atom. The molecule has 0 fully saturated rings. The number of phenols is 1. The first-order valence-electron chi connectivity index (χ1n) is 2.92. The Bertz CT molecular complexity index is 258. The van der Waals surface area contributed by atoms with Gasteiger partial charge in [-0.1, -0.05) is 0 Å². The van der Waals surface area contributed by atoms with Gasteiger partial charge in [-0.15, -0.1) is 17.7 Å². The molecule has 55 valence electrons. The van der Waals surface area contributed by atoms with Crippen molar-refractivity contribution in [1.29, 1.82) is 0 Å². The van der Waals surface area contributed by atoms with Crippen LogP contribution in [0.25, 0.3) is 0 Å². The summed E-state index contributed by atoms with van der Waals surface area (Å²) in [5.74, 6) is 0.140. The molecule has 0 aromatic heterocycles. The number of aryl methyl sites for hydroxylation is 1. The first-order valence-corrected chi connectivity index (χ1v) is 2.92. The standard InChI is InChI=1S/C8H7O2.Y/c1-6-2-3-7(5-9)4-8(6)10;/h2-4,10H,1H3;/q-1;. The number of aromatic hydroxyl groups is 1. The van der Waals surface area contributed by atoms with E-state index in [1.807, 2.05) is 0 Å². The van der Waals surface area contributed by atoms with Gasteiger partial charge in [-0.05, 0) is 12.5 Å². The summed E-state index contributed by atoms with van der Waals surface area (Å²) in [5, 5.41) is 9.05. The van der Waals surface area contributed by atoms with E-state index in [4.69, 9.17) is 5.11 Å².